The third-order valence-corrected chi connectivity index (χ3v) is 2.38. The summed E-state index contributed by atoms with van der Waals surface area (Å²) in [4.78, 5) is 11.3. The number of carbonyl (C=O) groups is 1. The summed E-state index contributed by atoms with van der Waals surface area (Å²) < 4.78 is 0. The van der Waals surface area contributed by atoms with E-state index < -0.39 is 0 Å². The Labute approximate surface area is 74.2 Å². The number of carbonyl (C=O) groups excluding carboxylic acids is 1. The van der Waals surface area contributed by atoms with Crippen molar-refractivity contribution in [1.29, 1.82) is 0 Å². The number of ketones is 1. The van der Waals surface area contributed by atoms with Crippen LogP contribution in [-0.2, 0) is 4.79 Å². The smallest absolute Gasteiger partial charge is 0.159 e. The van der Waals surface area contributed by atoms with Crippen molar-refractivity contribution in [2.45, 2.75) is 39.5 Å². The zero-order chi connectivity index (χ0) is 8.97. The van der Waals surface area contributed by atoms with Gasteiger partial charge in [-0.05, 0) is 38.7 Å². The van der Waals surface area contributed by atoms with Crippen LogP contribution in [0, 0.1) is 0 Å². The van der Waals surface area contributed by atoms with Crippen LogP contribution in [0.25, 0.3) is 0 Å². The van der Waals surface area contributed by atoms with E-state index in [9.17, 15) is 4.79 Å². The topological polar surface area (TPSA) is 17.1 Å². The van der Waals surface area contributed by atoms with Crippen LogP contribution in [0.4, 0.5) is 0 Å². The number of allylic oxidation sites excluding steroid dienone is 4. The van der Waals surface area contributed by atoms with Crippen LogP contribution < -0.4 is 0 Å². The first-order valence-corrected chi connectivity index (χ1v) is 4.58. The molecule has 0 N–H and O–H groups in total. The zero-order valence-electron chi connectivity index (χ0n) is 7.89. The molecule has 0 saturated carbocycles. The molecule has 0 aromatic rings. The molecule has 1 aliphatic carbocycles. The van der Waals surface area contributed by atoms with Gasteiger partial charge in [0.15, 0.2) is 5.78 Å². The third-order valence-electron chi connectivity index (χ3n) is 2.38. The number of hydrogen-bond donors (Lipinski definition) is 0. The molecule has 1 rings (SSSR count). The average molecular weight is 164 g/mol. The lowest BCUT2D eigenvalue weighted by Crippen LogP contribution is -1.95. The minimum absolute atomic E-state index is 0.372. The molecular weight excluding hydrogens is 148 g/mol. The number of hydrogen-bond acceptors (Lipinski definition) is 1. The second-order valence-corrected chi connectivity index (χ2v) is 3.29. The predicted octanol–water partition coefficient (Wildman–Crippen LogP) is 3.02. The molecule has 0 heterocycles. The molecule has 1 heteroatoms. The highest BCUT2D eigenvalue weighted by Crippen LogP contribution is 2.25. The molecule has 0 aliphatic heterocycles. The van der Waals surface area contributed by atoms with E-state index in [2.05, 4.69) is 13.0 Å². The van der Waals surface area contributed by atoms with Gasteiger partial charge in [-0.15, -0.1) is 0 Å². The van der Waals surface area contributed by atoms with Crippen LogP contribution in [0.3, 0.4) is 0 Å². The largest absolute Gasteiger partial charge is 0.295 e. The summed E-state index contributed by atoms with van der Waals surface area (Å²) in [5.41, 5.74) is 2.40. The fourth-order valence-electron chi connectivity index (χ4n) is 1.59. The van der Waals surface area contributed by atoms with Crippen LogP contribution in [0.15, 0.2) is 23.3 Å². The second-order valence-electron chi connectivity index (χ2n) is 3.29. The van der Waals surface area contributed by atoms with Crippen molar-refractivity contribution in [3.05, 3.63) is 23.3 Å². The van der Waals surface area contributed by atoms with Gasteiger partial charge >= 0.3 is 0 Å². The van der Waals surface area contributed by atoms with Gasteiger partial charge in [0.25, 0.3) is 0 Å². The van der Waals surface area contributed by atoms with Gasteiger partial charge in [0.2, 0.25) is 0 Å². The lowest BCUT2D eigenvalue weighted by molar-refractivity contribution is -0.115. The molecule has 0 saturated heterocycles. The van der Waals surface area contributed by atoms with E-state index in [1.54, 1.807) is 0 Å². The van der Waals surface area contributed by atoms with Gasteiger partial charge in [-0.3, -0.25) is 4.79 Å². The number of Topliss-reactive ketones (excluding diaryl/α,β-unsaturated/α-hetero) is 1. The maximum Gasteiger partial charge on any atom is 0.159 e. The maximum absolute atomic E-state index is 11.3. The van der Waals surface area contributed by atoms with E-state index in [1.807, 2.05) is 13.0 Å². The van der Waals surface area contributed by atoms with Gasteiger partial charge in [0, 0.05) is 6.42 Å². The SMILES string of the molecule is C/C=C/CCC1=C(C)CCC1=O. The average Bonchev–Trinajstić information content (AvgIpc) is 2.35. The molecule has 66 valence electrons. The normalized spacial score (nSPS) is 18.3. The summed E-state index contributed by atoms with van der Waals surface area (Å²) in [7, 11) is 0. The highest BCUT2D eigenvalue weighted by molar-refractivity contribution is 5.98. The molecular formula is C11H16O. The Hall–Kier alpha value is -0.850. The van der Waals surface area contributed by atoms with Crippen LogP contribution >= 0.6 is 0 Å². The second kappa shape index (κ2) is 4.24. The molecule has 0 aromatic carbocycles. The van der Waals surface area contributed by atoms with Crippen LogP contribution in [0.1, 0.15) is 39.5 Å². The highest BCUT2D eigenvalue weighted by atomic mass is 16.1. The Kier molecular flexibility index (Phi) is 3.27. The summed E-state index contributed by atoms with van der Waals surface area (Å²) in [6.45, 7) is 4.09. The summed E-state index contributed by atoms with van der Waals surface area (Å²) >= 11 is 0. The van der Waals surface area contributed by atoms with Crippen molar-refractivity contribution in [2.24, 2.45) is 0 Å². The standard InChI is InChI=1S/C11H16O/c1-3-4-5-6-10-9(2)7-8-11(10)12/h3-4H,5-8H2,1-2H3/b4-3+. The molecule has 0 fully saturated rings. The van der Waals surface area contributed by atoms with E-state index in [0.717, 1.165) is 31.3 Å². The summed E-state index contributed by atoms with van der Waals surface area (Å²) in [5.74, 6) is 0.372. The van der Waals surface area contributed by atoms with E-state index in [-0.39, 0.29) is 0 Å². The van der Waals surface area contributed by atoms with Gasteiger partial charge < -0.3 is 0 Å². The van der Waals surface area contributed by atoms with Crippen molar-refractivity contribution in [3.8, 4) is 0 Å². The molecule has 0 aromatic heterocycles. The molecule has 0 bridgehead atoms. The van der Waals surface area contributed by atoms with Gasteiger partial charge in [0.05, 0.1) is 0 Å². The number of rotatable bonds is 3. The molecule has 0 unspecified atom stereocenters. The minimum atomic E-state index is 0.372. The molecule has 1 aliphatic rings. The first kappa shape index (κ1) is 9.24. The van der Waals surface area contributed by atoms with Crippen LogP contribution in [-0.4, -0.2) is 5.78 Å². The van der Waals surface area contributed by atoms with Gasteiger partial charge in [-0.1, -0.05) is 17.7 Å². The van der Waals surface area contributed by atoms with Crippen molar-refractivity contribution >= 4 is 5.78 Å². The predicted molar refractivity (Wildman–Crippen MR) is 51.0 cm³/mol. The van der Waals surface area contributed by atoms with Crippen molar-refractivity contribution in [1.82, 2.24) is 0 Å². The quantitative estimate of drug-likeness (QED) is 0.586. The lowest BCUT2D eigenvalue weighted by atomic mass is 10.1. The Morgan fingerprint density at radius 1 is 1.42 bits per heavy atom. The Balaban J connectivity index is 2.50. The summed E-state index contributed by atoms with van der Waals surface area (Å²) in [6.07, 6.45) is 7.84. The highest BCUT2D eigenvalue weighted by Gasteiger charge is 2.18. The monoisotopic (exact) mass is 164 g/mol. The fourth-order valence-corrected chi connectivity index (χ4v) is 1.59. The van der Waals surface area contributed by atoms with Crippen molar-refractivity contribution < 1.29 is 4.79 Å². The van der Waals surface area contributed by atoms with E-state index in [0.29, 0.717) is 5.78 Å². The molecule has 0 amide bonds. The van der Waals surface area contributed by atoms with E-state index in [1.165, 1.54) is 5.57 Å². The summed E-state index contributed by atoms with van der Waals surface area (Å²) in [6, 6.07) is 0. The Morgan fingerprint density at radius 3 is 2.67 bits per heavy atom. The third kappa shape index (κ3) is 2.07. The molecule has 0 spiro atoms. The van der Waals surface area contributed by atoms with Crippen molar-refractivity contribution in [3.63, 3.8) is 0 Å². The molecule has 0 atom stereocenters. The Morgan fingerprint density at radius 2 is 2.17 bits per heavy atom. The zero-order valence-corrected chi connectivity index (χ0v) is 7.89. The van der Waals surface area contributed by atoms with Gasteiger partial charge in [-0.25, -0.2) is 0 Å². The molecule has 12 heavy (non-hydrogen) atoms. The van der Waals surface area contributed by atoms with Crippen LogP contribution in [0.2, 0.25) is 0 Å². The maximum atomic E-state index is 11.3. The Bertz CT molecular complexity index is 233. The van der Waals surface area contributed by atoms with Crippen molar-refractivity contribution in [2.75, 3.05) is 0 Å². The molecule has 1 nitrogen and oxygen atoms in total. The van der Waals surface area contributed by atoms with Crippen LogP contribution in [0.5, 0.6) is 0 Å². The first-order valence-electron chi connectivity index (χ1n) is 4.58. The van der Waals surface area contributed by atoms with E-state index in [4.69, 9.17) is 0 Å². The fraction of sp³-hybridized carbons (Fsp3) is 0.545. The minimum Gasteiger partial charge on any atom is -0.295 e. The molecule has 0 radical (unpaired) electrons. The van der Waals surface area contributed by atoms with Gasteiger partial charge in [0.1, 0.15) is 0 Å². The lowest BCUT2D eigenvalue weighted by Gasteiger charge is -1.98. The summed E-state index contributed by atoms with van der Waals surface area (Å²) in [5, 5.41) is 0. The van der Waals surface area contributed by atoms with Gasteiger partial charge in [-0.2, -0.15) is 0 Å². The van der Waals surface area contributed by atoms with E-state index >= 15 is 0 Å². The first-order chi connectivity index (χ1) is 5.75.